The van der Waals surface area contributed by atoms with Crippen LogP contribution in [0.5, 0.6) is 5.75 Å². The summed E-state index contributed by atoms with van der Waals surface area (Å²) in [4.78, 5) is 56.3. The SMILES string of the molecule is O=C1CCC(N2C(=O)c3ccc(N4CCN(CCCn5cc(-c6ccc(C7=C(c8ccccc8)CCc8cc(OCc9ccccc9)ccc87)cc6)cn5)CC4)cc3C2=O)C(=O)N1. The van der Waals surface area contributed by atoms with Crippen LogP contribution in [0.15, 0.2) is 134 Å². The second-order valence-corrected chi connectivity index (χ2v) is 16.7. The number of allylic oxidation sites excluding steroid dienone is 1. The number of fused-ring (bicyclic) bond motifs is 2. The summed E-state index contributed by atoms with van der Waals surface area (Å²) in [6.07, 6.45) is 7.19. The van der Waals surface area contributed by atoms with E-state index >= 15 is 0 Å². The maximum absolute atomic E-state index is 13.4. The zero-order chi connectivity index (χ0) is 42.9. The molecule has 1 atom stereocenters. The molecule has 6 aromatic rings. The van der Waals surface area contributed by atoms with E-state index < -0.39 is 23.8 Å². The summed E-state index contributed by atoms with van der Waals surface area (Å²) in [5.41, 5.74) is 12.5. The molecule has 5 aromatic carbocycles. The van der Waals surface area contributed by atoms with E-state index in [2.05, 4.69) is 106 Å². The van der Waals surface area contributed by atoms with Crippen molar-refractivity contribution in [3.63, 3.8) is 0 Å². The Labute approximate surface area is 366 Å². The van der Waals surface area contributed by atoms with Crippen LogP contribution in [0.2, 0.25) is 0 Å². The highest BCUT2D eigenvalue weighted by Gasteiger charge is 2.45. The van der Waals surface area contributed by atoms with Crippen LogP contribution in [-0.2, 0) is 29.2 Å². The number of aryl methyl sites for hydroxylation is 2. The molecular weight excluding hydrogens is 789 g/mol. The topological polar surface area (TPSA) is 117 Å². The summed E-state index contributed by atoms with van der Waals surface area (Å²) >= 11 is 0. The summed E-state index contributed by atoms with van der Waals surface area (Å²) in [5, 5.41) is 6.97. The molecule has 63 heavy (non-hydrogen) atoms. The molecule has 2 saturated heterocycles. The van der Waals surface area contributed by atoms with Crippen LogP contribution < -0.4 is 15.0 Å². The van der Waals surface area contributed by atoms with Crippen molar-refractivity contribution in [1.29, 1.82) is 0 Å². The van der Waals surface area contributed by atoms with Crippen molar-refractivity contribution in [3.05, 3.63) is 173 Å². The number of nitrogens with one attached hydrogen (secondary N) is 1. The Morgan fingerprint density at radius 2 is 1.38 bits per heavy atom. The summed E-state index contributed by atoms with van der Waals surface area (Å²) in [6, 6.07) is 40.8. The lowest BCUT2D eigenvalue weighted by atomic mass is 9.79. The molecule has 4 amide bonds. The number of piperidine rings is 1. The van der Waals surface area contributed by atoms with Gasteiger partial charge in [0, 0.05) is 63.1 Å². The molecule has 0 saturated carbocycles. The molecule has 4 aliphatic rings. The van der Waals surface area contributed by atoms with Crippen molar-refractivity contribution in [1.82, 2.24) is 24.9 Å². The Kier molecular flexibility index (Phi) is 11.0. The molecular formula is C52H48N6O5. The van der Waals surface area contributed by atoms with Gasteiger partial charge in [0.25, 0.3) is 11.8 Å². The Morgan fingerprint density at radius 3 is 2.16 bits per heavy atom. The monoisotopic (exact) mass is 836 g/mol. The van der Waals surface area contributed by atoms with Gasteiger partial charge in [0.05, 0.1) is 17.3 Å². The number of benzene rings is 5. The molecule has 0 spiro atoms. The molecule has 3 aliphatic heterocycles. The minimum Gasteiger partial charge on any atom is -0.489 e. The Morgan fingerprint density at radius 1 is 0.651 bits per heavy atom. The predicted molar refractivity (Wildman–Crippen MR) is 242 cm³/mol. The molecule has 0 bridgehead atoms. The normalized spacial score (nSPS) is 17.8. The maximum atomic E-state index is 13.4. The minimum atomic E-state index is -0.971. The molecule has 11 nitrogen and oxygen atoms in total. The van der Waals surface area contributed by atoms with Crippen LogP contribution in [0.4, 0.5) is 5.69 Å². The third-order valence-corrected chi connectivity index (χ3v) is 12.8. The van der Waals surface area contributed by atoms with E-state index in [9.17, 15) is 19.2 Å². The predicted octanol–water partition coefficient (Wildman–Crippen LogP) is 7.65. The molecule has 1 unspecified atom stereocenters. The van der Waals surface area contributed by atoms with Crippen molar-refractivity contribution in [3.8, 4) is 16.9 Å². The second-order valence-electron chi connectivity index (χ2n) is 16.7. The molecule has 0 radical (unpaired) electrons. The summed E-state index contributed by atoms with van der Waals surface area (Å²) < 4.78 is 8.26. The number of nitrogens with zero attached hydrogens (tertiary/aromatic N) is 5. The van der Waals surface area contributed by atoms with Gasteiger partial charge in [-0.3, -0.25) is 39.0 Å². The van der Waals surface area contributed by atoms with Gasteiger partial charge in [0.2, 0.25) is 11.8 Å². The first-order chi connectivity index (χ1) is 30.9. The number of aromatic nitrogens is 2. The number of hydrogen-bond acceptors (Lipinski definition) is 8. The number of carbonyl (C=O) groups excluding carboxylic acids is 4. The van der Waals surface area contributed by atoms with Gasteiger partial charge >= 0.3 is 0 Å². The average Bonchev–Trinajstić information content (AvgIpc) is 3.90. The van der Waals surface area contributed by atoms with Gasteiger partial charge in [-0.15, -0.1) is 0 Å². The van der Waals surface area contributed by atoms with Crippen molar-refractivity contribution in [2.24, 2.45) is 0 Å². The van der Waals surface area contributed by atoms with Crippen LogP contribution in [-0.4, -0.2) is 82.0 Å². The van der Waals surface area contributed by atoms with E-state index in [1.165, 1.54) is 33.4 Å². The highest BCUT2D eigenvalue weighted by molar-refractivity contribution is 6.23. The van der Waals surface area contributed by atoms with E-state index in [0.717, 1.165) is 91.6 Å². The number of imide groups is 2. The van der Waals surface area contributed by atoms with Gasteiger partial charge in [-0.25, -0.2) is 0 Å². The quantitative estimate of drug-likeness (QED) is 0.125. The fourth-order valence-corrected chi connectivity index (χ4v) is 9.46. The van der Waals surface area contributed by atoms with E-state index in [-0.39, 0.29) is 18.7 Å². The lowest BCUT2D eigenvalue weighted by molar-refractivity contribution is -0.136. The van der Waals surface area contributed by atoms with Gasteiger partial charge in [-0.05, 0) is 101 Å². The first kappa shape index (κ1) is 40.0. The minimum absolute atomic E-state index is 0.0952. The van der Waals surface area contributed by atoms with Gasteiger partial charge in [-0.1, -0.05) is 91.0 Å². The number of rotatable bonds is 12. The lowest BCUT2D eigenvalue weighted by Crippen LogP contribution is -2.54. The van der Waals surface area contributed by atoms with E-state index in [1.54, 1.807) is 12.1 Å². The fourth-order valence-electron chi connectivity index (χ4n) is 9.46. The molecule has 1 N–H and O–H groups in total. The summed E-state index contributed by atoms with van der Waals surface area (Å²) in [7, 11) is 0. The number of hydrogen-bond donors (Lipinski definition) is 1. The number of anilines is 1. The van der Waals surface area contributed by atoms with Gasteiger partial charge < -0.3 is 9.64 Å². The van der Waals surface area contributed by atoms with Crippen LogP contribution >= 0.6 is 0 Å². The first-order valence-electron chi connectivity index (χ1n) is 21.9. The zero-order valence-corrected chi connectivity index (χ0v) is 35.0. The third-order valence-electron chi connectivity index (χ3n) is 12.8. The Balaban J connectivity index is 0.752. The van der Waals surface area contributed by atoms with E-state index in [1.807, 2.05) is 35.1 Å². The van der Waals surface area contributed by atoms with Crippen molar-refractivity contribution in [2.75, 3.05) is 37.6 Å². The highest BCUT2D eigenvalue weighted by Crippen LogP contribution is 2.42. The van der Waals surface area contributed by atoms with Crippen LogP contribution in [0.3, 0.4) is 0 Å². The molecule has 1 aliphatic carbocycles. The van der Waals surface area contributed by atoms with Gasteiger partial charge in [0.1, 0.15) is 18.4 Å². The average molecular weight is 837 g/mol. The maximum Gasteiger partial charge on any atom is 0.262 e. The Hall–Kier alpha value is -7.11. The number of carbonyl (C=O) groups is 4. The summed E-state index contributed by atoms with van der Waals surface area (Å²) in [6.45, 7) is 5.62. The molecule has 2 fully saturated rings. The van der Waals surface area contributed by atoms with Crippen molar-refractivity contribution >= 4 is 40.5 Å². The van der Waals surface area contributed by atoms with E-state index in [4.69, 9.17) is 9.84 Å². The third kappa shape index (κ3) is 8.19. The standard InChI is InChI=1S/C52H48N6O5/c59-48-23-22-47(50(60)54-48)58-51(61)45-20-17-41(31-46(45)52(58)62)56-28-26-55(27-29-56)24-7-25-57-33-40(32-53-57)36-12-14-38(15-13-36)49-43(37-10-5-2-6-11-37)19-16-39-30-42(18-21-44(39)49)63-34-35-8-3-1-4-9-35/h1-6,8-15,17-18,20-21,30-33,47H,7,16,19,22-29,34H2,(H,54,59,60). The Bertz CT molecular complexity index is 2740. The largest absolute Gasteiger partial charge is 0.489 e. The molecule has 316 valence electrons. The molecule has 11 heteroatoms. The zero-order valence-electron chi connectivity index (χ0n) is 35.0. The van der Waals surface area contributed by atoms with Crippen LogP contribution in [0.1, 0.15) is 74.2 Å². The van der Waals surface area contributed by atoms with Crippen LogP contribution in [0.25, 0.3) is 22.3 Å². The number of amides is 4. The molecule has 4 heterocycles. The molecule has 10 rings (SSSR count). The van der Waals surface area contributed by atoms with Crippen molar-refractivity contribution in [2.45, 2.75) is 51.3 Å². The van der Waals surface area contributed by atoms with E-state index in [0.29, 0.717) is 17.7 Å². The molecule has 1 aromatic heterocycles. The fraction of sp³-hybridized carbons (Fsp3) is 0.250. The van der Waals surface area contributed by atoms with Gasteiger partial charge in [0.15, 0.2) is 0 Å². The smallest absolute Gasteiger partial charge is 0.262 e. The highest BCUT2D eigenvalue weighted by atomic mass is 16.5. The number of piperazine rings is 1. The van der Waals surface area contributed by atoms with Crippen LogP contribution in [0, 0.1) is 0 Å². The number of ether oxygens (including phenoxy) is 1. The first-order valence-corrected chi connectivity index (χ1v) is 21.9. The van der Waals surface area contributed by atoms with Crippen molar-refractivity contribution < 1.29 is 23.9 Å². The second kappa shape index (κ2) is 17.3. The van der Waals surface area contributed by atoms with Gasteiger partial charge in [-0.2, -0.15) is 5.10 Å². The summed E-state index contributed by atoms with van der Waals surface area (Å²) in [5.74, 6) is -1.06. The lowest BCUT2D eigenvalue weighted by Gasteiger charge is -2.36.